The van der Waals surface area contributed by atoms with Gasteiger partial charge in [-0.3, -0.25) is 4.79 Å². The molecule has 0 heterocycles. The van der Waals surface area contributed by atoms with Gasteiger partial charge in [-0.1, -0.05) is 60.7 Å². The monoisotopic (exact) mass is 486 g/mol. The van der Waals surface area contributed by atoms with Gasteiger partial charge in [0.05, 0.1) is 6.21 Å². The fraction of sp³-hybridized carbons (Fsp3) is 0.0370. The van der Waals surface area contributed by atoms with Crippen molar-refractivity contribution in [1.82, 2.24) is 5.43 Å². The quantitative estimate of drug-likeness (QED) is 0.208. The first-order chi connectivity index (χ1) is 17.0. The third-order valence-electron chi connectivity index (χ3n) is 4.88. The average molecular weight is 487 g/mol. The van der Waals surface area contributed by atoms with Crippen LogP contribution in [0.25, 0.3) is 0 Å². The first kappa shape index (κ1) is 23.7. The van der Waals surface area contributed by atoms with Crippen molar-refractivity contribution in [3.8, 4) is 11.5 Å². The van der Waals surface area contributed by atoms with E-state index in [4.69, 9.17) is 8.92 Å². The number of carbonyl (C=O) groups is 1. The summed E-state index contributed by atoms with van der Waals surface area (Å²) in [6.07, 6.45) is 1.32. The van der Waals surface area contributed by atoms with Gasteiger partial charge in [-0.15, -0.1) is 0 Å². The fourth-order valence-electron chi connectivity index (χ4n) is 3.08. The summed E-state index contributed by atoms with van der Waals surface area (Å²) in [5, 5.41) is 3.95. The number of amides is 1. The van der Waals surface area contributed by atoms with Crippen molar-refractivity contribution in [3.05, 3.63) is 126 Å². The summed E-state index contributed by atoms with van der Waals surface area (Å²) in [4.78, 5) is 12.5. The van der Waals surface area contributed by atoms with Crippen LogP contribution in [-0.4, -0.2) is 20.5 Å². The molecule has 8 heteroatoms. The standard InChI is InChI=1S/C27H22N2O5S/c30-27(22-15-17-24(18-16-22)33-20-21-9-3-1-4-10-21)29-28-19-23-11-7-8-14-26(23)34-35(31,32)25-12-5-2-6-13-25/h1-19H,20H2,(H,29,30). The molecule has 1 N–H and O–H groups in total. The summed E-state index contributed by atoms with van der Waals surface area (Å²) in [5.74, 6) is 0.306. The second-order valence-electron chi connectivity index (χ2n) is 7.39. The molecule has 0 radical (unpaired) electrons. The third kappa shape index (κ3) is 6.55. The Morgan fingerprint density at radius 3 is 2.14 bits per heavy atom. The van der Waals surface area contributed by atoms with Crippen molar-refractivity contribution in [1.29, 1.82) is 0 Å². The van der Waals surface area contributed by atoms with Gasteiger partial charge in [0.25, 0.3) is 5.91 Å². The second-order valence-corrected chi connectivity index (χ2v) is 8.93. The van der Waals surface area contributed by atoms with Gasteiger partial charge in [-0.25, -0.2) is 5.43 Å². The van der Waals surface area contributed by atoms with E-state index >= 15 is 0 Å². The van der Waals surface area contributed by atoms with Gasteiger partial charge in [-0.2, -0.15) is 13.5 Å². The Kier molecular flexibility index (Phi) is 7.54. The normalized spacial score (nSPS) is 11.2. The molecule has 0 bridgehead atoms. The lowest BCUT2D eigenvalue weighted by molar-refractivity contribution is 0.0955. The molecule has 0 aromatic heterocycles. The average Bonchev–Trinajstić information content (AvgIpc) is 2.89. The molecule has 176 valence electrons. The minimum Gasteiger partial charge on any atom is -0.489 e. The molecule has 4 aromatic carbocycles. The number of benzene rings is 4. The zero-order chi connectivity index (χ0) is 24.5. The Balaban J connectivity index is 1.37. The molecule has 0 unspecified atom stereocenters. The topological polar surface area (TPSA) is 94.1 Å². The number of para-hydroxylation sites is 1. The van der Waals surface area contributed by atoms with Gasteiger partial charge < -0.3 is 8.92 Å². The minimum absolute atomic E-state index is 0.0382. The third-order valence-corrected chi connectivity index (χ3v) is 6.13. The molecule has 4 rings (SSSR count). The van der Waals surface area contributed by atoms with Crippen molar-refractivity contribution in [2.45, 2.75) is 11.5 Å². The Bertz CT molecular complexity index is 1410. The van der Waals surface area contributed by atoms with E-state index in [2.05, 4.69) is 10.5 Å². The van der Waals surface area contributed by atoms with Gasteiger partial charge in [0.15, 0.2) is 5.75 Å². The molecule has 0 spiro atoms. The van der Waals surface area contributed by atoms with Crippen molar-refractivity contribution in [2.24, 2.45) is 5.10 Å². The van der Waals surface area contributed by atoms with Crippen LogP contribution in [-0.2, 0) is 16.7 Å². The Labute approximate surface area is 203 Å². The van der Waals surface area contributed by atoms with Gasteiger partial charge in [-0.05, 0) is 54.1 Å². The molecule has 0 saturated heterocycles. The fourth-order valence-corrected chi connectivity index (χ4v) is 4.06. The maximum atomic E-state index is 12.5. The van der Waals surface area contributed by atoms with E-state index in [0.717, 1.165) is 5.56 Å². The number of nitrogens with one attached hydrogen (secondary N) is 1. The number of hydrazone groups is 1. The van der Waals surface area contributed by atoms with Crippen molar-refractivity contribution in [2.75, 3.05) is 0 Å². The van der Waals surface area contributed by atoms with E-state index in [0.29, 0.717) is 23.5 Å². The summed E-state index contributed by atoms with van der Waals surface area (Å²) in [6, 6.07) is 30.8. The molecule has 0 atom stereocenters. The molecular weight excluding hydrogens is 464 g/mol. The predicted octanol–water partition coefficient (Wildman–Crippen LogP) is 4.80. The van der Waals surface area contributed by atoms with Crippen LogP contribution in [0.5, 0.6) is 11.5 Å². The van der Waals surface area contributed by atoms with E-state index in [1.54, 1.807) is 60.7 Å². The largest absolute Gasteiger partial charge is 0.489 e. The van der Waals surface area contributed by atoms with E-state index < -0.39 is 16.0 Å². The van der Waals surface area contributed by atoms with E-state index in [1.807, 2.05) is 30.3 Å². The van der Waals surface area contributed by atoms with Crippen molar-refractivity contribution >= 4 is 22.2 Å². The molecule has 4 aromatic rings. The smallest absolute Gasteiger partial charge is 0.339 e. The van der Waals surface area contributed by atoms with Crippen LogP contribution in [0.3, 0.4) is 0 Å². The predicted molar refractivity (Wildman–Crippen MR) is 133 cm³/mol. The first-order valence-corrected chi connectivity index (χ1v) is 12.1. The lowest BCUT2D eigenvalue weighted by Gasteiger charge is -2.09. The van der Waals surface area contributed by atoms with Crippen molar-refractivity contribution in [3.63, 3.8) is 0 Å². The molecule has 0 aliphatic rings. The van der Waals surface area contributed by atoms with Gasteiger partial charge in [0, 0.05) is 11.1 Å². The van der Waals surface area contributed by atoms with Gasteiger partial charge in [0.1, 0.15) is 17.3 Å². The van der Waals surface area contributed by atoms with E-state index in [-0.39, 0.29) is 10.6 Å². The second kappa shape index (κ2) is 11.1. The van der Waals surface area contributed by atoms with Crippen LogP contribution >= 0.6 is 0 Å². The lowest BCUT2D eigenvalue weighted by Crippen LogP contribution is -2.17. The van der Waals surface area contributed by atoms with Gasteiger partial charge in [0.2, 0.25) is 0 Å². The molecule has 1 amide bonds. The summed E-state index contributed by atoms with van der Waals surface area (Å²) in [6.45, 7) is 0.429. The Morgan fingerprint density at radius 2 is 1.43 bits per heavy atom. The number of carbonyl (C=O) groups excluding carboxylic acids is 1. The molecular formula is C27H22N2O5S. The molecule has 0 aliphatic heterocycles. The lowest BCUT2D eigenvalue weighted by atomic mass is 10.2. The number of ether oxygens (including phenoxy) is 1. The number of hydrogen-bond acceptors (Lipinski definition) is 6. The van der Waals surface area contributed by atoms with Crippen LogP contribution in [0.15, 0.2) is 119 Å². The molecule has 7 nitrogen and oxygen atoms in total. The van der Waals surface area contributed by atoms with E-state index in [9.17, 15) is 13.2 Å². The summed E-state index contributed by atoms with van der Waals surface area (Å²) in [5.41, 5.74) is 4.26. The summed E-state index contributed by atoms with van der Waals surface area (Å²) in [7, 11) is -4.01. The first-order valence-electron chi connectivity index (χ1n) is 10.7. The number of hydrogen-bond donors (Lipinski definition) is 1. The van der Waals surface area contributed by atoms with Crippen LogP contribution in [0, 0.1) is 0 Å². The highest BCUT2D eigenvalue weighted by atomic mass is 32.2. The van der Waals surface area contributed by atoms with E-state index in [1.165, 1.54) is 24.4 Å². The highest BCUT2D eigenvalue weighted by Crippen LogP contribution is 2.22. The number of rotatable bonds is 9. The van der Waals surface area contributed by atoms with Crippen LogP contribution in [0.4, 0.5) is 0 Å². The number of nitrogens with zero attached hydrogens (tertiary/aromatic N) is 1. The SMILES string of the molecule is O=C(NN=Cc1ccccc1OS(=O)(=O)c1ccccc1)c1ccc(OCc2ccccc2)cc1. The summed E-state index contributed by atoms with van der Waals surface area (Å²) >= 11 is 0. The summed E-state index contributed by atoms with van der Waals surface area (Å²) < 4.78 is 36.1. The molecule has 0 fully saturated rings. The van der Waals surface area contributed by atoms with Crippen molar-refractivity contribution < 1.29 is 22.1 Å². The molecule has 35 heavy (non-hydrogen) atoms. The van der Waals surface area contributed by atoms with Crippen LogP contribution in [0.1, 0.15) is 21.5 Å². The maximum Gasteiger partial charge on any atom is 0.339 e. The Hall–Kier alpha value is -4.43. The van der Waals surface area contributed by atoms with Crippen LogP contribution in [0.2, 0.25) is 0 Å². The zero-order valence-corrected chi connectivity index (χ0v) is 19.4. The highest BCUT2D eigenvalue weighted by molar-refractivity contribution is 7.87. The molecule has 0 saturated carbocycles. The van der Waals surface area contributed by atoms with Crippen LogP contribution < -0.4 is 14.3 Å². The maximum absolute atomic E-state index is 12.5. The zero-order valence-electron chi connectivity index (χ0n) is 18.6. The minimum atomic E-state index is -4.01. The highest BCUT2D eigenvalue weighted by Gasteiger charge is 2.17. The Morgan fingerprint density at radius 1 is 0.800 bits per heavy atom. The molecule has 0 aliphatic carbocycles. The van der Waals surface area contributed by atoms with Gasteiger partial charge >= 0.3 is 10.1 Å².